The first kappa shape index (κ1) is 15.7. The van der Waals surface area contributed by atoms with Crippen molar-refractivity contribution >= 4 is 15.7 Å². The van der Waals surface area contributed by atoms with Crippen LogP contribution in [0.2, 0.25) is 0 Å². The third kappa shape index (κ3) is 2.88. The van der Waals surface area contributed by atoms with E-state index in [0.29, 0.717) is 16.9 Å². The van der Waals surface area contributed by atoms with Gasteiger partial charge in [0, 0.05) is 12.6 Å². The summed E-state index contributed by atoms with van der Waals surface area (Å²) in [5.74, 6) is -0.0227. The minimum absolute atomic E-state index is 0.0205. The highest BCUT2D eigenvalue weighted by atomic mass is 32.2. The van der Waals surface area contributed by atoms with E-state index in [1.807, 2.05) is 25.1 Å². The molecule has 0 fully saturated rings. The van der Waals surface area contributed by atoms with Crippen LogP contribution >= 0.6 is 0 Å². The number of rotatable bonds is 4. The molecule has 1 aliphatic heterocycles. The number of amides is 1. The van der Waals surface area contributed by atoms with Gasteiger partial charge in [0.2, 0.25) is 0 Å². The predicted octanol–water partition coefficient (Wildman–Crippen LogP) is 2.99. The van der Waals surface area contributed by atoms with Crippen LogP contribution in [0.4, 0.5) is 0 Å². The minimum Gasteiger partial charge on any atom is -0.335 e. The van der Waals surface area contributed by atoms with Crippen LogP contribution in [-0.4, -0.2) is 32.0 Å². The van der Waals surface area contributed by atoms with Gasteiger partial charge >= 0.3 is 0 Å². The van der Waals surface area contributed by atoms with Gasteiger partial charge in [0.25, 0.3) is 5.91 Å². The molecule has 0 saturated heterocycles. The Morgan fingerprint density at radius 3 is 2.39 bits per heavy atom. The molecule has 2 aromatic rings. The number of carbonyl (C=O) groups excluding carboxylic acids is 1. The minimum atomic E-state index is -3.35. The molecule has 0 aromatic heterocycles. The van der Waals surface area contributed by atoms with Crippen molar-refractivity contribution in [1.82, 2.24) is 4.90 Å². The van der Waals surface area contributed by atoms with E-state index >= 15 is 0 Å². The summed E-state index contributed by atoms with van der Waals surface area (Å²) >= 11 is 0. The molecule has 0 N–H and O–H groups in total. The lowest BCUT2D eigenvalue weighted by Crippen LogP contribution is -2.25. The van der Waals surface area contributed by atoms with Gasteiger partial charge < -0.3 is 4.90 Å². The molecule has 1 unspecified atom stereocenters. The van der Waals surface area contributed by atoms with Gasteiger partial charge in [-0.3, -0.25) is 4.79 Å². The Morgan fingerprint density at radius 1 is 1.04 bits per heavy atom. The van der Waals surface area contributed by atoms with Crippen molar-refractivity contribution in [3.8, 4) is 0 Å². The summed E-state index contributed by atoms with van der Waals surface area (Å²) in [7, 11) is -1.62. The molecule has 3 rings (SSSR count). The summed E-state index contributed by atoms with van der Waals surface area (Å²) in [6, 6.07) is 14.1. The number of hydrogen-bond donors (Lipinski definition) is 0. The molecular formula is C18H19NO3S. The summed E-state index contributed by atoms with van der Waals surface area (Å²) in [5, 5.41) is 0. The van der Waals surface area contributed by atoms with E-state index in [2.05, 4.69) is 0 Å². The maximum atomic E-state index is 12.5. The fourth-order valence-corrected chi connectivity index (χ4v) is 4.32. The molecule has 1 amide bonds. The molecular weight excluding hydrogens is 310 g/mol. The number of nitrogens with zero attached hydrogens (tertiary/aromatic N) is 1. The van der Waals surface area contributed by atoms with E-state index < -0.39 is 9.84 Å². The van der Waals surface area contributed by atoms with Crippen LogP contribution in [0.3, 0.4) is 0 Å². The van der Waals surface area contributed by atoms with E-state index in [9.17, 15) is 13.2 Å². The average molecular weight is 329 g/mol. The smallest absolute Gasteiger partial charge is 0.254 e. The molecule has 1 aliphatic rings. The molecule has 1 atom stereocenters. The summed E-state index contributed by atoms with van der Waals surface area (Å²) in [4.78, 5) is 14.2. The Bertz CT molecular complexity index is 841. The second kappa shape index (κ2) is 5.81. The van der Waals surface area contributed by atoms with Crippen LogP contribution < -0.4 is 0 Å². The molecule has 0 radical (unpaired) electrons. The van der Waals surface area contributed by atoms with Crippen LogP contribution in [-0.2, 0) is 9.84 Å². The Kier molecular flexibility index (Phi) is 3.98. The molecule has 5 heteroatoms. The molecule has 0 bridgehead atoms. The van der Waals surface area contributed by atoms with E-state index in [-0.39, 0.29) is 17.7 Å². The van der Waals surface area contributed by atoms with Gasteiger partial charge in [-0.15, -0.1) is 0 Å². The molecule has 1 heterocycles. The molecule has 120 valence electrons. The normalized spacial score (nSPS) is 17.4. The standard InChI is InChI=1S/C18H19NO3S/c1-13-7-9-14(10-8-13)23(21,22)12-11-17-15-5-3-4-6-16(15)18(20)19(17)2/h3-10,17H,11-12H2,1-2H3. The fourth-order valence-electron chi connectivity index (χ4n) is 3.00. The van der Waals surface area contributed by atoms with E-state index in [1.54, 1.807) is 42.3 Å². The highest BCUT2D eigenvalue weighted by molar-refractivity contribution is 7.91. The first-order chi connectivity index (χ1) is 10.9. The molecule has 0 aliphatic carbocycles. The van der Waals surface area contributed by atoms with Crippen LogP contribution in [0.5, 0.6) is 0 Å². The zero-order valence-electron chi connectivity index (χ0n) is 13.2. The monoisotopic (exact) mass is 329 g/mol. The summed E-state index contributed by atoms with van der Waals surface area (Å²) in [6.45, 7) is 1.92. The van der Waals surface area contributed by atoms with Crippen molar-refractivity contribution in [3.63, 3.8) is 0 Å². The number of fused-ring (bicyclic) bond motifs is 1. The largest absolute Gasteiger partial charge is 0.335 e. The van der Waals surface area contributed by atoms with Crippen molar-refractivity contribution in [2.75, 3.05) is 12.8 Å². The van der Waals surface area contributed by atoms with E-state index in [1.165, 1.54) is 0 Å². The quantitative estimate of drug-likeness (QED) is 0.866. The third-order valence-corrected chi connectivity index (χ3v) is 6.14. The Morgan fingerprint density at radius 2 is 1.70 bits per heavy atom. The summed E-state index contributed by atoms with van der Waals surface area (Å²) in [6.07, 6.45) is 0.398. The van der Waals surface area contributed by atoms with Gasteiger partial charge in [-0.1, -0.05) is 35.9 Å². The van der Waals surface area contributed by atoms with Gasteiger partial charge in [0.1, 0.15) is 0 Å². The number of hydrogen-bond acceptors (Lipinski definition) is 3. The van der Waals surface area contributed by atoms with E-state index in [0.717, 1.165) is 11.1 Å². The lowest BCUT2D eigenvalue weighted by atomic mass is 10.0. The van der Waals surface area contributed by atoms with Gasteiger partial charge in [-0.05, 0) is 37.1 Å². The first-order valence-corrected chi connectivity index (χ1v) is 9.21. The second-order valence-electron chi connectivity index (χ2n) is 5.94. The molecule has 23 heavy (non-hydrogen) atoms. The summed E-state index contributed by atoms with van der Waals surface area (Å²) in [5.41, 5.74) is 2.62. The van der Waals surface area contributed by atoms with Crippen molar-refractivity contribution in [1.29, 1.82) is 0 Å². The number of benzene rings is 2. The average Bonchev–Trinajstić information content (AvgIpc) is 2.78. The molecule has 0 spiro atoms. The topological polar surface area (TPSA) is 54.5 Å². The third-order valence-electron chi connectivity index (χ3n) is 4.38. The van der Waals surface area contributed by atoms with Crippen molar-refractivity contribution < 1.29 is 13.2 Å². The summed E-state index contributed by atoms with van der Waals surface area (Å²) < 4.78 is 25.0. The zero-order chi connectivity index (χ0) is 16.6. The lowest BCUT2D eigenvalue weighted by Gasteiger charge is -2.20. The number of carbonyl (C=O) groups is 1. The molecule has 2 aromatic carbocycles. The predicted molar refractivity (Wildman–Crippen MR) is 89.1 cm³/mol. The highest BCUT2D eigenvalue weighted by Gasteiger charge is 2.34. The van der Waals surface area contributed by atoms with Crippen molar-refractivity contribution in [2.45, 2.75) is 24.3 Å². The Labute approximate surface area is 136 Å². The Hall–Kier alpha value is -2.14. The van der Waals surface area contributed by atoms with Gasteiger partial charge in [0.15, 0.2) is 9.84 Å². The Balaban J connectivity index is 1.81. The SMILES string of the molecule is Cc1ccc(S(=O)(=O)CCC2c3ccccc3C(=O)N2C)cc1. The van der Waals surface area contributed by atoms with Crippen LogP contribution in [0.25, 0.3) is 0 Å². The second-order valence-corrected chi connectivity index (χ2v) is 8.05. The van der Waals surface area contributed by atoms with Crippen LogP contribution in [0.15, 0.2) is 53.4 Å². The van der Waals surface area contributed by atoms with Crippen LogP contribution in [0.1, 0.15) is 33.9 Å². The highest BCUT2D eigenvalue weighted by Crippen LogP contribution is 2.35. The van der Waals surface area contributed by atoms with Gasteiger partial charge in [0.05, 0.1) is 16.7 Å². The van der Waals surface area contributed by atoms with Gasteiger partial charge in [-0.2, -0.15) is 0 Å². The van der Waals surface area contributed by atoms with Crippen molar-refractivity contribution in [3.05, 3.63) is 65.2 Å². The number of aryl methyl sites for hydroxylation is 1. The first-order valence-electron chi connectivity index (χ1n) is 7.55. The lowest BCUT2D eigenvalue weighted by molar-refractivity contribution is 0.0771. The zero-order valence-corrected chi connectivity index (χ0v) is 14.0. The molecule has 0 saturated carbocycles. The number of sulfone groups is 1. The van der Waals surface area contributed by atoms with Crippen LogP contribution in [0, 0.1) is 6.92 Å². The van der Waals surface area contributed by atoms with Crippen molar-refractivity contribution in [2.24, 2.45) is 0 Å². The van der Waals surface area contributed by atoms with Gasteiger partial charge in [-0.25, -0.2) is 8.42 Å². The van der Waals surface area contributed by atoms with E-state index in [4.69, 9.17) is 0 Å². The molecule has 4 nitrogen and oxygen atoms in total. The fraction of sp³-hybridized carbons (Fsp3) is 0.278. The maximum absolute atomic E-state index is 12.5. The maximum Gasteiger partial charge on any atom is 0.254 e.